The van der Waals surface area contributed by atoms with Gasteiger partial charge in [-0.3, -0.25) is 15.0 Å². The molecule has 5 nitrogen and oxygen atoms in total. The van der Waals surface area contributed by atoms with Gasteiger partial charge in [0.05, 0.1) is 40.1 Å². The summed E-state index contributed by atoms with van der Waals surface area (Å²) in [7, 11) is 1.86. The molecule has 1 N–H and O–H groups in total. The first kappa shape index (κ1) is 19.1. The molecule has 6 heteroatoms. The predicted molar refractivity (Wildman–Crippen MR) is 123 cm³/mol. The maximum Gasteiger partial charge on any atom is 0.207 e. The number of halogens is 1. The van der Waals surface area contributed by atoms with E-state index in [4.69, 9.17) is 17.0 Å². The van der Waals surface area contributed by atoms with Crippen molar-refractivity contribution in [1.29, 1.82) is 10.7 Å². The van der Waals surface area contributed by atoms with E-state index >= 15 is 0 Å². The summed E-state index contributed by atoms with van der Waals surface area (Å²) in [5, 5.41) is 19.8. The third-order valence-corrected chi connectivity index (χ3v) is 5.91. The molecule has 5 aromatic rings. The number of hydrogen-bond acceptors (Lipinski definition) is 3. The van der Waals surface area contributed by atoms with Gasteiger partial charge in [-0.1, -0.05) is 35.9 Å². The minimum absolute atomic E-state index is 0.315. The molecule has 0 amide bonds. The van der Waals surface area contributed by atoms with Crippen LogP contribution in [0, 0.1) is 23.7 Å². The van der Waals surface area contributed by atoms with Crippen molar-refractivity contribution in [2.24, 2.45) is 7.05 Å². The minimum Gasteiger partial charge on any atom is -0.312 e. The number of fused-ring (bicyclic) bond motifs is 3. The van der Waals surface area contributed by atoms with Crippen molar-refractivity contribution < 1.29 is 0 Å². The number of benzene rings is 3. The Labute approximate surface area is 183 Å². The molecular weight excluding hydrogens is 406 g/mol. The van der Waals surface area contributed by atoms with Crippen LogP contribution in [0.4, 0.5) is 0 Å². The van der Waals surface area contributed by atoms with Crippen molar-refractivity contribution in [3.8, 4) is 22.9 Å². The molecule has 0 fully saturated rings. The van der Waals surface area contributed by atoms with Gasteiger partial charge in [-0.2, -0.15) is 5.26 Å². The van der Waals surface area contributed by atoms with Crippen LogP contribution >= 0.6 is 11.6 Å². The first-order valence-corrected chi connectivity index (χ1v) is 10.2. The van der Waals surface area contributed by atoms with Crippen molar-refractivity contribution in [3.63, 3.8) is 0 Å². The molecule has 150 valence electrons. The summed E-state index contributed by atoms with van der Waals surface area (Å²) in [5.74, 6) is 0. The zero-order chi connectivity index (χ0) is 21.7. The van der Waals surface area contributed by atoms with Crippen molar-refractivity contribution in [2.75, 3.05) is 0 Å². The molecule has 0 atom stereocenters. The van der Waals surface area contributed by atoms with E-state index < -0.39 is 0 Å². The van der Waals surface area contributed by atoms with Gasteiger partial charge in [0.2, 0.25) is 5.62 Å². The molecule has 2 heterocycles. The second-order valence-electron chi connectivity index (χ2n) is 7.57. The van der Waals surface area contributed by atoms with Gasteiger partial charge in [-0.05, 0) is 60.0 Å². The zero-order valence-electron chi connectivity index (χ0n) is 17.0. The lowest BCUT2D eigenvalue weighted by Crippen LogP contribution is -2.21. The van der Waals surface area contributed by atoms with Crippen LogP contribution in [-0.4, -0.2) is 14.1 Å². The molecule has 0 spiro atoms. The average molecular weight is 424 g/mol. The van der Waals surface area contributed by atoms with E-state index in [1.54, 1.807) is 12.3 Å². The molecule has 0 unspecified atom stereocenters. The monoisotopic (exact) mass is 423 g/mol. The van der Waals surface area contributed by atoms with Crippen LogP contribution in [0.3, 0.4) is 0 Å². The van der Waals surface area contributed by atoms with Crippen LogP contribution < -0.4 is 5.62 Å². The third kappa shape index (κ3) is 3.00. The molecule has 0 aliphatic heterocycles. The van der Waals surface area contributed by atoms with Crippen molar-refractivity contribution in [3.05, 3.63) is 88.6 Å². The highest BCUT2D eigenvalue weighted by Gasteiger charge is 2.16. The van der Waals surface area contributed by atoms with Gasteiger partial charge in [-0.25, -0.2) is 0 Å². The Morgan fingerprint density at radius 3 is 2.61 bits per heavy atom. The Morgan fingerprint density at radius 2 is 1.84 bits per heavy atom. The second kappa shape index (κ2) is 7.12. The number of nitrogens with zero attached hydrogens (tertiary/aromatic N) is 4. The molecule has 0 saturated carbocycles. The summed E-state index contributed by atoms with van der Waals surface area (Å²) in [4.78, 5) is 4.63. The number of nitriles is 1. The predicted octanol–water partition coefficient (Wildman–Crippen LogP) is 5.50. The van der Waals surface area contributed by atoms with Crippen LogP contribution in [0.15, 0.2) is 66.9 Å². The number of rotatable bonds is 2. The van der Waals surface area contributed by atoms with Crippen LogP contribution in [-0.2, 0) is 7.05 Å². The molecule has 5 rings (SSSR count). The molecule has 2 aromatic heterocycles. The van der Waals surface area contributed by atoms with Gasteiger partial charge < -0.3 is 4.57 Å². The summed E-state index contributed by atoms with van der Waals surface area (Å²) in [5.41, 5.74) is 7.29. The Kier molecular flexibility index (Phi) is 4.39. The number of imidazole rings is 1. The van der Waals surface area contributed by atoms with E-state index in [-0.39, 0.29) is 0 Å². The lowest BCUT2D eigenvalue weighted by molar-refractivity contribution is 0.786. The summed E-state index contributed by atoms with van der Waals surface area (Å²) >= 11 is 6.21. The SMILES string of the molecule is Cc1ccc(C#N)cc1-n1c(=N)n(C)c2cnc3ccc(-c4cccc(Cl)c4)cc3c21. The highest BCUT2D eigenvalue weighted by atomic mass is 35.5. The van der Waals surface area contributed by atoms with E-state index in [0.29, 0.717) is 16.2 Å². The van der Waals surface area contributed by atoms with Gasteiger partial charge in [-0.15, -0.1) is 0 Å². The van der Waals surface area contributed by atoms with Crippen molar-refractivity contribution in [1.82, 2.24) is 14.1 Å². The van der Waals surface area contributed by atoms with Crippen molar-refractivity contribution in [2.45, 2.75) is 6.92 Å². The van der Waals surface area contributed by atoms with Gasteiger partial charge in [0.25, 0.3) is 0 Å². The van der Waals surface area contributed by atoms with Crippen LogP contribution in [0.2, 0.25) is 5.02 Å². The molecule has 0 aliphatic rings. The normalized spacial score (nSPS) is 11.2. The van der Waals surface area contributed by atoms with Crippen LogP contribution in [0.25, 0.3) is 38.8 Å². The molecule has 0 bridgehead atoms. The fraction of sp³-hybridized carbons (Fsp3) is 0.0800. The van der Waals surface area contributed by atoms with E-state index in [9.17, 15) is 5.26 Å². The first-order valence-electron chi connectivity index (χ1n) is 9.80. The highest BCUT2D eigenvalue weighted by Crippen LogP contribution is 2.31. The fourth-order valence-electron chi connectivity index (χ4n) is 4.02. The van der Waals surface area contributed by atoms with Gasteiger partial charge in [0.15, 0.2) is 0 Å². The maximum atomic E-state index is 9.41. The van der Waals surface area contributed by atoms with E-state index in [1.165, 1.54) is 0 Å². The fourth-order valence-corrected chi connectivity index (χ4v) is 4.21. The number of pyridine rings is 1. The molecular formula is C25H18ClN5. The van der Waals surface area contributed by atoms with Crippen LogP contribution in [0.5, 0.6) is 0 Å². The van der Waals surface area contributed by atoms with Gasteiger partial charge in [0.1, 0.15) is 0 Å². The lowest BCUT2D eigenvalue weighted by Gasteiger charge is -2.11. The first-order chi connectivity index (χ1) is 15.0. The van der Waals surface area contributed by atoms with E-state index in [2.05, 4.69) is 17.1 Å². The molecule has 0 radical (unpaired) electrons. The largest absolute Gasteiger partial charge is 0.312 e. The number of aromatic nitrogens is 3. The second-order valence-corrected chi connectivity index (χ2v) is 8.00. The molecule has 31 heavy (non-hydrogen) atoms. The van der Waals surface area contributed by atoms with Gasteiger partial charge in [0, 0.05) is 17.5 Å². The van der Waals surface area contributed by atoms with Crippen molar-refractivity contribution >= 4 is 33.5 Å². The zero-order valence-corrected chi connectivity index (χ0v) is 17.8. The van der Waals surface area contributed by atoms with Gasteiger partial charge >= 0.3 is 0 Å². The topological polar surface area (TPSA) is 70.4 Å². The van der Waals surface area contributed by atoms with E-state index in [0.717, 1.165) is 44.3 Å². The maximum absolute atomic E-state index is 9.41. The highest BCUT2D eigenvalue weighted by molar-refractivity contribution is 6.30. The Morgan fingerprint density at radius 1 is 1.03 bits per heavy atom. The lowest BCUT2D eigenvalue weighted by atomic mass is 10.0. The smallest absolute Gasteiger partial charge is 0.207 e. The Bertz CT molecular complexity index is 1600. The number of aryl methyl sites for hydroxylation is 2. The summed E-state index contributed by atoms with van der Waals surface area (Å²) in [6, 6.07) is 21.6. The Hall–Kier alpha value is -3.88. The van der Waals surface area contributed by atoms with E-state index in [1.807, 2.05) is 71.6 Å². The number of hydrogen-bond donors (Lipinski definition) is 1. The number of nitrogens with one attached hydrogen (secondary N) is 1. The third-order valence-electron chi connectivity index (χ3n) is 5.67. The molecule has 0 aliphatic carbocycles. The molecule has 3 aromatic carbocycles. The average Bonchev–Trinajstić information content (AvgIpc) is 3.04. The summed E-state index contributed by atoms with van der Waals surface area (Å²) in [6.07, 6.45) is 1.80. The summed E-state index contributed by atoms with van der Waals surface area (Å²) in [6.45, 7) is 1.99. The summed E-state index contributed by atoms with van der Waals surface area (Å²) < 4.78 is 3.71. The van der Waals surface area contributed by atoms with Crippen LogP contribution in [0.1, 0.15) is 11.1 Å². The Balaban J connectivity index is 1.91. The minimum atomic E-state index is 0.315. The standard InChI is InChI=1S/C25H18ClN5/c1-15-6-7-16(13-27)10-22(15)31-24-20-12-18(17-4-3-5-19(26)11-17)8-9-21(20)29-14-23(24)30(2)25(31)28/h3-12,14,28H,1-2H3. The quantitative estimate of drug-likeness (QED) is 0.407. The molecule has 0 saturated heterocycles.